The van der Waals surface area contributed by atoms with Crippen LogP contribution in [0.5, 0.6) is 0 Å². The fourth-order valence-corrected chi connectivity index (χ4v) is 3.90. The van der Waals surface area contributed by atoms with E-state index in [2.05, 4.69) is 51.9 Å². The van der Waals surface area contributed by atoms with Crippen LogP contribution in [0.25, 0.3) is 0 Å². The normalized spacial score (nSPS) is 22.2. The van der Waals surface area contributed by atoms with Gasteiger partial charge in [-0.25, -0.2) is 15.1 Å². The van der Waals surface area contributed by atoms with Crippen molar-refractivity contribution in [2.45, 2.75) is 26.2 Å². The molecule has 2 aromatic rings. The Hall–Kier alpha value is -2.77. The van der Waals surface area contributed by atoms with E-state index in [1.807, 2.05) is 4.90 Å². The molecule has 8 heteroatoms. The molecular weight excluding hydrogens is 344 g/mol. The summed E-state index contributed by atoms with van der Waals surface area (Å²) in [6, 6.07) is 4.89. The number of amides is 1. The minimum atomic E-state index is -0.306. The van der Waals surface area contributed by atoms with E-state index in [0.29, 0.717) is 24.9 Å². The van der Waals surface area contributed by atoms with Crippen molar-refractivity contribution >= 4 is 11.7 Å². The van der Waals surface area contributed by atoms with Gasteiger partial charge in [0.25, 0.3) is 11.5 Å². The van der Waals surface area contributed by atoms with Crippen LogP contribution in [0.15, 0.2) is 29.3 Å². The first-order valence-electron chi connectivity index (χ1n) is 9.24. The molecule has 27 heavy (non-hydrogen) atoms. The van der Waals surface area contributed by atoms with Crippen molar-refractivity contribution in [2.75, 3.05) is 31.1 Å². The highest BCUT2D eigenvalue weighted by molar-refractivity contribution is 5.92. The maximum Gasteiger partial charge on any atom is 0.274 e. The number of likely N-dealkylation sites (tertiary alicyclic amines) is 1. The van der Waals surface area contributed by atoms with Gasteiger partial charge in [-0.05, 0) is 6.07 Å². The Morgan fingerprint density at radius 2 is 1.81 bits per heavy atom. The van der Waals surface area contributed by atoms with Crippen molar-refractivity contribution in [3.05, 3.63) is 46.3 Å². The zero-order valence-electron chi connectivity index (χ0n) is 15.8. The number of hydrogen-bond acceptors (Lipinski definition) is 6. The third-order valence-corrected chi connectivity index (χ3v) is 5.42. The van der Waals surface area contributed by atoms with Crippen LogP contribution in [0.4, 0.5) is 5.82 Å². The van der Waals surface area contributed by atoms with E-state index in [9.17, 15) is 9.59 Å². The fourth-order valence-electron chi connectivity index (χ4n) is 3.90. The summed E-state index contributed by atoms with van der Waals surface area (Å²) in [4.78, 5) is 36.7. The predicted molar refractivity (Wildman–Crippen MR) is 101 cm³/mol. The van der Waals surface area contributed by atoms with Gasteiger partial charge in [0.1, 0.15) is 17.8 Å². The van der Waals surface area contributed by atoms with Crippen molar-refractivity contribution in [3.8, 4) is 0 Å². The molecule has 0 aliphatic carbocycles. The summed E-state index contributed by atoms with van der Waals surface area (Å²) >= 11 is 0. The van der Waals surface area contributed by atoms with Crippen LogP contribution in [0.3, 0.4) is 0 Å². The van der Waals surface area contributed by atoms with Gasteiger partial charge in [0.05, 0.1) is 5.69 Å². The van der Waals surface area contributed by atoms with Gasteiger partial charge in [-0.2, -0.15) is 5.10 Å². The molecule has 142 valence electrons. The first kappa shape index (κ1) is 17.6. The van der Waals surface area contributed by atoms with Crippen LogP contribution >= 0.6 is 0 Å². The number of aromatic nitrogens is 4. The second-order valence-electron chi connectivity index (χ2n) is 8.45. The molecule has 0 radical (unpaired) electrons. The molecule has 0 spiro atoms. The van der Waals surface area contributed by atoms with Gasteiger partial charge in [-0.1, -0.05) is 20.8 Å². The Balaban J connectivity index is 1.43. The number of fused-ring (bicyclic) bond motifs is 1. The number of H-pyrrole nitrogens is 1. The molecule has 2 aromatic heterocycles. The third kappa shape index (κ3) is 3.43. The zero-order valence-corrected chi connectivity index (χ0v) is 15.8. The SMILES string of the molecule is CC(C)(C)c1cc(N2CC3CN(C(=O)c4ccc(=O)[nH]n4)CC3C2)ncn1. The first-order valence-corrected chi connectivity index (χ1v) is 9.24. The number of carbonyl (C=O) groups excluding carboxylic acids is 1. The summed E-state index contributed by atoms with van der Waals surface area (Å²) in [6.07, 6.45) is 1.64. The van der Waals surface area contributed by atoms with Gasteiger partial charge in [0, 0.05) is 55.6 Å². The standard InChI is InChI=1S/C19H24N6O2/c1-19(2,3)15-6-16(21-11-20-15)24-7-12-9-25(10-13(12)8-24)18(27)14-4-5-17(26)23-22-14/h4-6,11-13H,7-10H2,1-3H3,(H,23,26). The van der Waals surface area contributed by atoms with Crippen molar-refractivity contribution in [1.29, 1.82) is 0 Å². The number of nitrogens with one attached hydrogen (secondary N) is 1. The van der Waals surface area contributed by atoms with Crippen molar-refractivity contribution in [3.63, 3.8) is 0 Å². The smallest absolute Gasteiger partial charge is 0.274 e. The summed E-state index contributed by atoms with van der Waals surface area (Å²) < 4.78 is 0. The topological polar surface area (TPSA) is 95.1 Å². The number of hydrogen-bond donors (Lipinski definition) is 1. The number of carbonyl (C=O) groups is 1. The Morgan fingerprint density at radius 1 is 1.11 bits per heavy atom. The second kappa shape index (κ2) is 6.44. The Morgan fingerprint density at radius 3 is 2.41 bits per heavy atom. The highest BCUT2D eigenvalue weighted by Crippen LogP contribution is 2.34. The van der Waals surface area contributed by atoms with E-state index >= 15 is 0 Å². The number of rotatable bonds is 2. The lowest BCUT2D eigenvalue weighted by atomic mass is 9.92. The average Bonchev–Trinajstić information content (AvgIpc) is 3.20. The highest BCUT2D eigenvalue weighted by Gasteiger charge is 2.42. The van der Waals surface area contributed by atoms with Crippen LogP contribution in [-0.4, -0.2) is 57.2 Å². The largest absolute Gasteiger partial charge is 0.356 e. The zero-order chi connectivity index (χ0) is 19.2. The molecule has 2 atom stereocenters. The summed E-state index contributed by atoms with van der Waals surface area (Å²) in [5.41, 5.74) is 1.00. The average molecular weight is 368 g/mol. The third-order valence-electron chi connectivity index (χ3n) is 5.42. The van der Waals surface area contributed by atoms with Crippen molar-refractivity contribution in [1.82, 2.24) is 25.1 Å². The van der Waals surface area contributed by atoms with Crippen LogP contribution in [0.1, 0.15) is 37.0 Å². The molecule has 0 saturated carbocycles. The fraction of sp³-hybridized carbons (Fsp3) is 0.526. The molecule has 8 nitrogen and oxygen atoms in total. The number of anilines is 1. The summed E-state index contributed by atoms with van der Waals surface area (Å²) in [6.45, 7) is 9.61. The lowest BCUT2D eigenvalue weighted by Gasteiger charge is -2.24. The maximum atomic E-state index is 12.6. The molecule has 1 amide bonds. The lowest BCUT2D eigenvalue weighted by Crippen LogP contribution is -2.34. The van der Waals surface area contributed by atoms with Gasteiger partial charge >= 0.3 is 0 Å². The van der Waals surface area contributed by atoms with Crippen LogP contribution < -0.4 is 10.5 Å². The molecule has 4 rings (SSSR count). The van der Waals surface area contributed by atoms with Crippen LogP contribution in [0.2, 0.25) is 0 Å². The molecule has 2 unspecified atom stereocenters. The Kier molecular flexibility index (Phi) is 4.20. The van der Waals surface area contributed by atoms with Gasteiger partial charge in [0.15, 0.2) is 0 Å². The molecule has 4 heterocycles. The minimum absolute atomic E-state index is 0.0137. The second-order valence-corrected chi connectivity index (χ2v) is 8.45. The molecular formula is C19H24N6O2. The lowest BCUT2D eigenvalue weighted by molar-refractivity contribution is 0.0775. The minimum Gasteiger partial charge on any atom is -0.356 e. The highest BCUT2D eigenvalue weighted by atomic mass is 16.2. The first-order chi connectivity index (χ1) is 12.8. The maximum absolute atomic E-state index is 12.6. The molecule has 2 aliphatic rings. The van der Waals surface area contributed by atoms with E-state index < -0.39 is 0 Å². The number of aromatic amines is 1. The summed E-state index contributed by atoms with van der Waals surface area (Å²) in [5, 5.41) is 6.18. The molecule has 2 saturated heterocycles. The van der Waals surface area contributed by atoms with Gasteiger partial charge < -0.3 is 9.80 Å². The van der Waals surface area contributed by atoms with Crippen LogP contribution in [0, 0.1) is 11.8 Å². The quantitative estimate of drug-likeness (QED) is 0.852. The number of nitrogens with zero attached hydrogens (tertiary/aromatic N) is 5. The summed E-state index contributed by atoms with van der Waals surface area (Å²) in [5.74, 6) is 1.68. The molecule has 0 aromatic carbocycles. The molecule has 1 N–H and O–H groups in total. The van der Waals surface area contributed by atoms with Gasteiger partial charge in [-0.3, -0.25) is 9.59 Å². The van der Waals surface area contributed by atoms with Gasteiger partial charge in [0.2, 0.25) is 0 Å². The van der Waals surface area contributed by atoms with Crippen LogP contribution in [-0.2, 0) is 5.41 Å². The predicted octanol–water partition coefficient (Wildman–Crippen LogP) is 1.07. The van der Waals surface area contributed by atoms with E-state index in [4.69, 9.17) is 0 Å². The van der Waals surface area contributed by atoms with Crippen molar-refractivity contribution in [2.24, 2.45) is 11.8 Å². The Labute approximate surface area is 157 Å². The molecule has 0 bridgehead atoms. The Bertz CT molecular complexity index is 884. The summed E-state index contributed by atoms with van der Waals surface area (Å²) in [7, 11) is 0. The van der Waals surface area contributed by atoms with Crippen molar-refractivity contribution < 1.29 is 4.79 Å². The molecule has 2 aliphatic heterocycles. The van der Waals surface area contributed by atoms with E-state index in [1.54, 1.807) is 6.33 Å². The van der Waals surface area contributed by atoms with Gasteiger partial charge in [-0.15, -0.1) is 0 Å². The monoisotopic (exact) mass is 368 g/mol. The van der Waals surface area contributed by atoms with E-state index in [0.717, 1.165) is 24.6 Å². The van der Waals surface area contributed by atoms with E-state index in [1.165, 1.54) is 12.1 Å². The molecule has 2 fully saturated rings. The van der Waals surface area contributed by atoms with E-state index in [-0.39, 0.29) is 22.6 Å².